The van der Waals surface area contributed by atoms with Crippen LogP contribution in [0.4, 0.5) is 0 Å². The molecule has 1 heterocycles. The van der Waals surface area contributed by atoms with Gasteiger partial charge in [0.15, 0.2) is 0 Å². The second kappa shape index (κ2) is 10.1. The Hall–Kier alpha value is -0.650. The van der Waals surface area contributed by atoms with Crippen molar-refractivity contribution in [3.63, 3.8) is 0 Å². The maximum absolute atomic E-state index is 12.6. The van der Waals surface area contributed by atoms with E-state index in [1.807, 2.05) is 11.8 Å². The summed E-state index contributed by atoms with van der Waals surface area (Å²) in [4.78, 5) is 14.5. The predicted molar refractivity (Wildman–Crippen MR) is 84.3 cm³/mol. The monoisotopic (exact) mass is 300 g/mol. The summed E-state index contributed by atoms with van der Waals surface area (Å²) in [5.74, 6) is 1.25. The lowest BCUT2D eigenvalue weighted by Crippen LogP contribution is -2.44. The second-order valence-electron chi connectivity index (χ2n) is 6.17. The van der Waals surface area contributed by atoms with Gasteiger partial charge in [0.1, 0.15) is 0 Å². The zero-order chi connectivity index (χ0) is 15.7. The van der Waals surface area contributed by atoms with Crippen molar-refractivity contribution in [3.8, 4) is 0 Å². The molecule has 0 saturated carbocycles. The number of methoxy groups -OCH3 is 2. The van der Waals surface area contributed by atoms with Gasteiger partial charge in [0.25, 0.3) is 0 Å². The summed E-state index contributed by atoms with van der Waals surface area (Å²) in [5.41, 5.74) is 0. The third-order valence-corrected chi connectivity index (χ3v) is 4.43. The summed E-state index contributed by atoms with van der Waals surface area (Å²) < 4.78 is 10.3. The molecule has 1 rings (SSSR count). The van der Waals surface area contributed by atoms with Crippen molar-refractivity contribution in [1.82, 2.24) is 10.2 Å². The van der Waals surface area contributed by atoms with Gasteiger partial charge in [-0.05, 0) is 44.7 Å². The minimum atomic E-state index is 0.0920. The van der Waals surface area contributed by atoms with Crippen LogP contribution in [0.3, 0.4) is 0 Å². The maximum atomic E-state index is 12.6. The number of amides is 1. The van der Waals surface area contributed by atoms with Gasteiger partial charge in [0, 0.05) is 27.2 Å². The van der Waals surface area contributed by atoms with Crippen LogP contribution < -0.4 is 5.32 Å². The van der Waals surface area contributed by atoms with Gasteiger partial charge < -0.3 is 19.7 Å². The van der Waals surface area contributed by atoms with Crippen LogP contribution in [0.2, 0.25) is 0 Å². The quantitative estimate of drug-likeness (QED) is 0.701. The first kappa shape index (κ1) is 18.4. The van der Waals surface area contributed by atoms with E-state index in [-0.39, 0.29) is 11.9 Å². The van der Waals surface area contributed by atoms with Gasteiger partial charge in [0.2, 0.25) is 5.91 Å². The van der Waals surface area contributed by atoms with E-state index in [1.165, 1.54) is 12.8 Å². The fourth-order valence-corrected chi connectivity index (χ4v) is 3.04. The number of rotatable bonds is 9. The molecule has 5 heteroatoms. The molecular formula is C16H32N2O3. The highest BCUT2D eigenvalue weighted by atomic mass is 16.5. The molecule has 0 aromatic heterocycles. The fraction of sp³-hybridized carbons (Fsp3) is 0.938. The number of nitrogens with one attached hydrogen (secondary N) is 1. The van der Waals surface area contributed by atoms with Crippen molar-refractivity contribution < 1.29 is 14.3 Å². The van der Waals surface area contributed by atoms with Crippen molar-refractivity contribution >= 4 is 5.91 Å². The predicted octanol–water partition coefficient (Wildman–Crippen LogP) is 1.52. The van der Waals surface area contributed by atoms with Crippen molar-refractivity contribution in [3.05, 3.63) is 0 Å². The molecule has 1 fully saturated rings. The summed E-state index contributed by atoms with van der Waals surface area (Å²) >= 11 is 0. The number of ether oxygens (including phenoxy) is 2. The van der Waals surface area contributed by atoms with E-state index < -0.39 is 0 Å². The Labute approximate surface area is 129 Å². The van der Waals surface area contributed by atoms with E-state index >= 15 is 0 Å². The topological polar surface area (TPSA) is 50.8 Å². The summed E-state index contributed by atoms with van der Waals surface area (Å²) in [6.07, 6.45) is 3.06. The van der Waals surface area contributed by atoms with Gasteiger partial charge in [-0.3, -0.25) is 4.79 Å². The Morgan fingerprint density at radius 3 is 2.67 bits per heavy atom. The number of nitrogens with zero attached hydrogens (tertiary/aromatic N) is 1. The van der Waals surface area contributed by atoms with E-state index in [9.17, 15) is 4.79 Å². The molecule has 0 aliphatic carbocycles. The first-order valence-corrected chi connectivity index (χ1v) is 8.08. The Bertz CT molecular complexity index is 293. The lowest BCUT2D eigenvalue weighted by molar-refractivity contribution is -0.136. The molecule has 0 bridgehead atoms. The molecule has 1 amide bonds. The SMILES string of the molecule is COCCN(C(=O)CC(C)C1CCCNC1)C(C)COC. The minimum absolute atomic E-state index is 0.0920. The highest BCUT2D eigenvalue weighted by molar-refractivity contribution is 5.76. The van der Waals surface area contributed by atoms with Gasteiger partial charge in [-0.1, -0.05) is 6.92 Å². The zero-order valence-corrected chi connectivity index (χ0v) is 14.1. The molecule has 0 aromatic rings. The van der Waals surface area contributed by atoms with Crippen molar-refractivity contribution in [2.45, 2.75) is 39.2 Å². The zero-order valence-electron chi connectivity index (χ0n) is 14.1. The molecule has 3 unspecified atom stereocenters. The highest BCUT2D eigenvalue weighted by Crippen LogP contribution is 2.23. The lowest BCUT2D eigenvalue weighted by atomic mass is 9.85. The summed E-state index contributed by atoms with van der Waals surface area (Å²) in [6, 6.07) is 0.0920. The number of hydrogen-bond acceptors (Lipinski definition) is 4. The molecule has 0 spiro atoms. The first-order chi connectivity index (χ1) is 10.1. The van der Waals surface area contributed by atoms with E-state index in [0.717, 1.165) is 13.1 Å². The van der Waals surface area contributed by atoms with Crippen LogP contribution in [-0.2, 0) is 14.3 Å². The number of hydrogen-bond donors (Lipinski definition) is 1. The van der Waals surface area contributed by atoms with Crippen molar-refractivity contribution in [2.75, 3.05) is 47.1 Å². The molecule has 21 heavy (non-hydrogen) atoms. The molecule has 3 atom stereocenters. The Morgan fingerprint density at radius 1 is 1.33 bits per heavy atom. The molecule has 1 saturated heterocycles. The van der Waals surface area contributed by atoms with Crippen LogP contribution in [-0.4, -0.2) is 63.9 Å². The number of piperidine rings is 1. The minimum Gasteiger partial charge on any atom is -0.383 e. The van der Waals surface area contributed by atoms with Gasteiger partial charge in [-0.15, -0.1) is 0 Å². The van der Waals surface area contributed by atoms with Crippen LogP contribution in [0, 0.1) is 11.8 Å². The standard InChI is InChI=1S/C16H32N2O3/c1-13(15-6-5-7-17-11-15)10-16(19)18(8-9-20-3)14(2)12-21-4/h13-15,17H,5-12H2,1-4H3. The fourth-order valence-electron chi connectivity index (χ4n) is 3.04. The summed E-state index contributed by atoms with van der Waals surface area (Å²) in [7, 11) is 3.34. The summed E-state index contributed by atoms with van der Waals surface area (Å²) in [6.45, 7) is 8.15. The van der Waals surface area contributed by atoms with Crippen LogP contribution in [0.5, 0.6) is 0 Å². The Morgan fingerprint density at radius 2 is 2.10 bits per heavy atom. The molecular weight excluding hydrogens is 268 g/mol. The maximum Gasteiger partial charge on any atom is 0.223 e. The number of carbonyl (C=O) groups excluding carboxylic acids is 1. The van der Waals surface area contributed by atoms with Crippen LogP contribution >= 0.6 is 0 Å². The van der Waals surface area contributed by atoms with Crippen LogP contribution in [0.15, 0.2) is 0 Å². The average Bonchev–Trinajstić information content (AvgIpc) is 2.48. The highest BCUT2D eigenvalue weighted by Gasteiger charge is 2.26. The Balaban J connectivity index is 2.53. The number of carbonyl (C=O) groups is 1. The van der Waals surface area contributed by atoms with Gasteiger partial charge >= 0.3 is 0 Å². The molecule has 1 aliphatic heterocycles. The molecule has 1 N–H and O–H groups in total. The smallest absolute Gasteiger partial charge is 0.223 e. The third kappa shape index (κ3) is 6.32. The van der Waals surface area contributed by atoms with E-state index in [1.54, 1.807) is 14.2 Å². The van der Waals surface area contributed by atoms with Crippen molar-refractivity contribution in [1.29, 1.82) is 0 Å². The van der Waals surface area contributed by atoms with Gasteiger partial charge in [-0.2, -0.15) is 0 Å². The van der Waals surface area contributed by atoms with Gasteiger partial charge in [-0.25, -0.2) is 0 Å². The first-order valence-electron chi connectivity index (χ1n) is 8.08. The third-order valence-electron chi connectivity index (χ3n) is 4.43. The summed E-state index contributed by atoms with van der Waals surface area (Å²) in [5, 5.41) is 3.43. The normalized spacial score (nSPS) is 21.8. The molecule has 124 valence electrons. The van der Waals surface area contributed by atoms with E-state index in [0.29, 0.717) is 38.0 Å². The van der Waals surface area contributed by atoms with E-state index in [4.69, 9.17) is 9.47 Å². The van der Waals surface area contributed by atoms with Gasteiger partial charge in [0.05, 0.1) is 19.3 Å². The second-order valence-corrected chi connectivity index (χ2v) is 6.17. The molecule has 0 aromatic carbocycles. The van der Waals surface area contributed by atoms with E-state index in [2.05, 4.69) is 12.2 Å². The average molecular weight is 300 g/mol. The van der Waals surface area contributed by atoms with Crippen molar-refractivity contribution in [2.24, 2.45) is 11.8 Å². The molecule has 1 aliphatic rings. The lowest BCUT2D eigenvalue weighted by Gasteiger charge is -2.32. The van der Waals surface area contributed by atoms with Crippen LogP contribution in [0.1, 0.15) is 33.1 Å². The van der Waals surface area contributed by atoms with Crippen LogP contribution in [0.25, 0.3) is 0 Å². The Kier molecular flexibility index (Phi) is 8.88. The molecule has 5 nitrogen and oxygen atoms in total. The largest absolute Gasteiger partial charge is 0.383 e. The molecule has 0 radical (unpaired) electrons.